The second-order valence-corrected chi connectivity index (χ2v) is 6.92. The third-order valence-electron chi connectivity index (χ3n) is 5.42. The van der Waals surface area contributed by atoms with E-state index in [0.29, 0.717) is 0 Å². The molecular formula is C17H24N6. The van der Waals surface area contributed by atoms with Gasteiger partial charge in [-0.3, -0.25) is 4.90 Å². The van der Waals surface area contributed by atoms with Gasteiger partial charge in [0, 0.05) is 24.7 Å². The molecule has 0 radical (unpaired) electrons. The van der Waals surface area contributed by atoms with E-state index in [2.05, 4.69) is 31.6 Å². The number of likely N-dealkylation sites (tertiary alicyclic amines) is 1. The summed E-state index contributed by atoms with van der Waals surface area (Å²) >= 11 is 0. The highest BCUT2D eigenvalue weighted by atomic mass is 15.3. The normalized spacial score (nSPS) is 24.3. The molecule has 0 amide bonds. The molecule has 1 fully saturated rings. The summed E-state index contributed by atoms with van der Waals surface area (Å²) in [6, 6.07) is 0. The monoisotopic (exact) mass is 312 g/mol. The van der Waals surface area contributed by atoms with E-state index in [9.17, 15) is 0 Å². The Kier molecular flexibility index (Phi) is 3.64. The molecule has 6 heteroatoms. The molecule has 1 saturated heterocycles. The summed E-state index contributed by atoms with van der Waals surface area (Å²) in [5.74, 6) is 1.97. The first-order valence-corrected chi connectivity index (χ1v) is 8.62. The van der Waals surface area contributed by atoms with Crippen molar-refractivity contribution < 1.29 is 0 Å². The summed E-state index contributed by atoms with van der Waals surface area (Å²) in [6.07, 6.45) is 8.66. The van der Waals surface area contributed by atoms with Gasteiger partial charge in [-0.05, 0) is 51.6 Å². The minimum Gasteiger partial charge on any atom is -0.317 e. The fourth-order valence-corrected chi connectivity index (χ4v) is 4.25. The Balaban J connectivity index is 1.58. The maximum absolute atomic E-state index is 4.82. The zero-order valence-electron chi connectivity index (χ0n) is 14.0. The molecule has 1 aliphatic carbocycles. The number of aryl methyl sites for hydroxylation is 3. The molecule has 0 bridgehead atoms. The zero-order chi connectivity index (χ0) is 15.9. The van der Waals surface area contributed by atoms with Crippen molar-refractivity contribution in [1.29, 1.82) is 0 Å². The van der Waals surface area contributed by atoms with Crippen LogP contribution in [-0.2, 0) is 24.9 Å². The van der Waals surface area contributed by atoms with E-state index < -0.39 is 0 Å². The average Bonchev–Trinajstić information content (AvgIpc) is 3.13. The van der Waals surface area contributed by atoms with Crippen LogP contribution in [0.15, 0.2) is 12.5 Å². The quantitative estimate of drug-likeness (QED) is 0.866. The lowest BCUT2D eigenvalue weighted by molar-refractivity contribution is 0.132. The largest absolute Gasteiger partial charge is 0.317 e. The molecule has 6 nitrogen and oxygen atoms in total. The third kappa shape index (κ3) is 2.55. The SMILES string of the molecule is CCn1cnnc1CN1CCCC2(CCc3cnc(C)nc32)C1. The van der Waals surface area contributed by atoms with Crippen molar-refractivity contribution in [3.8, 4) is 0 Å². The van der Waals surface area contributed by atoms with Crippen molar-refractivity contribution in [3.05, 3.63) is 35.4 Å². The van der Waals surface area contributed by atoms with Crippen LogP contribution in [0.25, 0.3) is 0 Å². The van der Waals surface area contributed by atoms with Gasteiger partial charge < -0.3 is 4.57 Å². The molecule has 122 valence electrons. The standard InChI is InChI=1S/C17H24N6/c1-3-23-12-19-21-15(23)10-22-8-4-6-17(11-22)7-5-14-9-18-13(2)20-16(14)17/h9,12H,3-8,10-11H2,1-2H3. The van der Waals surface area contributed by atoms with Crippen LogP contribution in [0, 0.1) is 6.92 Å². The molecule has 2 aliphatic rings. The number of aromatic nitrogens is 5. The van der Waals surface area contributed by atoms with Crippen molar-refractivity contribution in [2.24, 2.45) is 0 Å². The second kappa shape index (κ2) is 5.67. The minimum atomic E-state index is 0.221. The second-order valence-electron chi connectivity index (χ2n) is 6.92. The molecule has 3 heterocycles. The summed E-state index contributed by atoms with van der Waals surface area (Å²) < 4.78 is 2.14. The van der Waals surface area contributed by atoms with Crippen LogP contribution in [0.2, 0.25) is 0 Å². The van der Waals surface area contributed by atoms with Gasteiger partial charge in [-0.25, -0.2) is 9.97 Å². The van der Waals surface area contributed by atoms with Crippen molar-refractivity contribution in [2.45, 2.75) is 58.0 Å². The maximum Gasteiger partial charge on any atom is 0.146 e. The molecule has 2 aromatic heterocycles. The lowest BCUT2D eigenvalue weighted by atomic mass is 9.77. The van der Waals surface area contributed by atoms with Gasteiger partial charge in [-0.1, -0.05) is 0 Å². The molecule has 1 atom stereocenters. The van der Waals surface area contributed by atoms with E-state index in [1.54, 1.807) is 0 Å². The van der Waals surface area contributed by atoms with Gasteiger partial charge in [0.05, 0.1) is 12.2 Å². The fourth-order valence-electron chi connectivity index (χ4n) is 4.25. The number of piperidine rings is 1. The maximum atomic E-state index is 4.82. The molecule has 1 spiro atoms. The van der Waals surface area contributed by atoms with E-state index in [1.165, 1.54) is 30.5 Å². The summed E-state index contributed by atoms with van der Waals surface area (Å²) in [5, 5.41) is 8.36. The van der Waals surface area contributed by atoms with Crippen LogP contribution in [0.5, 0.6) is 0 Å². The highest BCUT2D eigenvalue weighted by molar-refractivity contribution is 5.33. The first-order valence-electron chi connectivity index (χ1n) is 8.62. The molecular weight excluding hydrogens is 288 g/mol. The zero-order valence-corrected chi connectivity index (χ0v) is 14.0. The van der Waals surface area contributed by atoms with E-state index in [4.69, 9.17) is 4.98 Å². The summed E-state index contributed by atoms with van der Waals surface area (Å²) in [6.45, 7) is 8.16. The van der Waals surface area contributed by atoms with Gasteiger partial charge in [0.25, 0.3) is 0 Å². The number of fused-ring (bicyclic) bond motifs is 2. The van der Waals surface area contributed by atoms with Crippen molar-refractivity contribution in [2.75, 3.05) is 13.1 Å². The van der Waals surface area contributed by atoms with E-state index >= 15 is 0 Å². The number of nitrogens with zero attached hydrogens (tertiary/aromatic N) is 6. The Bertz CT molecular complexity index is 705. The van der Waals surface area contributed by atoms with Gasteiger partial charge in [-0.2, -0.15) is 0 Å². The average molecular weight is 312 g/mol. The lowest BCUT2D eigenvalue weighted by Crippen LogP contribution is -2.45. The molecule has 0 N–H and O–H groups in total. The van der Waals surface area contributed by atoms with Crippen LogP contribution in [-0.4, -0.2) is 42.7 Å². The predicted octanol–water partition coefficient (Wildman–Crippen LogP) is 1.88. The molecule has 0 saturated carbocycles. The van der Waals surface area contributed by atoms with Crippen LogP contribution < -0.4 is 0 Å². The highest BCUT2D eigenvalue weighted by Gasteiger charge is 2.43. The van der Waals surface area contributed by atoms with Gasteiger partial charge in [0.2, 0.25) is 0 Å². The third-order valence-corrected chi connectivity index (χ3v) is 5.42. The van der Waals surface area contributed by atoms with Crippen LogP contribution in [0.3, 0.4) is 0 Å². The van der Waals surface area contributed by atoms with Gasteiger partial charge in [-0.15, -0.1) is 10.2 Å². The minimum absolute atomic E-state index is 0.221. The highest BCUT2D eigenvalue weighted by Crippen LogP contribution is 2.43. The summed E-state index contributed by atoms with van der Waals surface area (Å²) in [7, 11) is 0. The Labute approximate surface area is 137 Å². The van der Waals surface area contributed by atoms with E-state index in [0.717, 1.165) is 44.2 Å². The van der Waals surface area contributed by atoms with Crippen molar-refractivity contribution in [3.63, 3.8) is 0 Å². The van der Waals surface area contributed by atoms with Crippen molar-refractivity contribution >= 4 is 0 Å². The van der Waals surface area contributed by atoms with Gasteiger partial charge in [0.15, 0.2) is 0 Å². The van der Waals surface area contributed by atoms with E-state index in [-0.39, 0.29) is 5.41 Å². The number of hydrogen-bond acceptors (Lipinski definition) is 5. The van der Waals surface area contributed by atoms with Gasteiger partial charge >= 0.3 is 0 Å². The first kappa shape index (κ1) is 14.8. The molecule has 1 unspecified atom stereocenters. The Morgan fingerprint density at radius 3 is 3.09 bits per heavy atom. The molecule has 0 aromatic carbocycles. The van der Waals surface area contributed by atoms with E-state index in [1.807, 2.05) is 19.4 Å². The lowest BCUT2D eigenvalue weighted by Gasteiger charge is -2.40. The van der Waals surface area contributed by atoms with Crippen LogP contribution in [0.4, 0.5) is 0 Å². The topological polar surface area (TPSA) is 59.7 Å². The molecule has 4 rings (SSSR count). The fraction of sp³-hybridized carbons (Fsp3) is 0.647. The number of hydrogen-bond donors (Lipinski definition) is 0. The first-order chi connectivity index (χ1) is 11.2. The molecule has 2 aromatic rings. The predicted molar refractivity (Wildman–Crippen MR) is 87.0 cm³/mol. The Morgan fingerprint density at radius 2 is 2.22 bits per heavy atom. The Morgan fingerprint density at radius 1 is 1.30 bits per heavy atom. The molecule has 23 heavy (non-hydrogen) atoms. The van der Waals surface area contributed by atoms with Crippen LogP contribution in [0.1, 0.15) is 49.1 Å². The van der Waals surface area contributed by atoms with Crippen molar-refractivity contribution in [1.82, 2.24) is 29.6 Å². The smallest absolute Gasteiger partial charge is 0.146 e. The Hall–Kier alpha value is -1.82. The molecule has 1 aliphatic heterocycles. The van der Waals surface area contributed by atoms with Gasteiger partial charge in [0.1, 0.15) is 18.0 Å². The summed E-state index contributed by atoms with van der Waals surface area (Å²) in [5.41, 5.74) is 2.89. The van der Waals surface area contributed by atoms with Crippen LogP contribution >= 0.6 is 0 Å². The number of rotatable bonds is 3. The summed E-state index contributed by atoms with van der Waals surface area (Å²) in [4.78, 5) is 11.7.